The number of hydrogen-bond donors (Lipinski definition) is 1. The number of rotatable bonds is 13. The third kappa shape index (κ3) is 6.21. The topological polar surface area (TPSA) is 76.6 Å². The largest absolute Gasteiger partial charge is 0.375 e. The lowest BCUT2D eigenvalue weighted by atomic mass is 9.90. The van der Waals surface area contributed by atoms with Crippen LogP contribution < -0.4 is 10.6 Å². The SMILES string of the molecule is CCN(CC)CCOCc1cn(C2(CN(C(N)=O)c3c(C(C)C)cccc3C(C)C)CCCC2)c2ncccc12. The van der Waals surface area contributed by atoms with Crippen molar-refractivity contribution >= 4 is 22.8 Å². The molecule has 7 nitrogen and oxygen atoms in total. The van der Waals surface area contributed by atoms with E-state index in [4.69, 9.17) is 15.5 Å². The minimum absolute atomic E-state index is 0.268. The van der Waals surface area contributed by atoms with Crippen LogP contribution in [0.3, 0.4) is 0 Å². The van der Waals surface area contributed by atoms with Crippen molar-refractivity contribution in [2.45, 2.75) is 91.2 Å². The van der Waals surface area contributed by atoms with Gasteiger partial charge in [0.15, 0.2) is 0 Å². The summed E-state index contributed by atoms with van der Waals surface area (Å²) in [4.78, 5) is 22.4. The number of likely N-dealkylation sites (N-methyl/N-ethyl adjacent to an activating group) is 1. The number of fused-ring (bicyclic) bond motifs is 1. The zero-order chi connectivity index (χ0) is 28.9. The molecule has 2 amide bonds. The molecule has 0 saturated heterocycles. The van der Waals surface area contributed by atoms with Crippen molar-refractivity contribution in [3.63, 3.8) is 0 Å². The zero-order valence-corrected chi connectivity index (χ0v) is 25.4. The third-order valence-electron chi connectivity index (χ3n) is 8.73. The van der Waals surface area contributed by atoms with Gasteiger partial charge in [-0.05, 0) is 61.0 Å². The maximum absolute atomic E-state index is 13.3. The molecule has 2 heterocycles. The van der Waals surface area contributed by atoms with E-state index in [9.17, 15) is 4.79 Å². The van der Waals surface area contributed by atoms with Crippen molar-refractivity contribution in [2.75, 3.05) is 37.7 Å². The summed E-state index contributed by atoms with van der Waals surface area (Å²) >= 11 is 0. The summed E-state index contributed by atoms with van der Waals surface area (Å²) < 4.78 is 8.52. The average molecular weight is 548 g/mol. The van der Waals surface area contributed by atoms with Gasteiger partial charge in [0.05, 0.1) is 31.0 Å². The summed E-state index contributed by atoms with van der Waals surface area (Å²) in [6.07, 6.45) is 8.26. The highest BCUT2D eigenvalue weighted by Crippen LogP contribution is 2.43. The average Bonchev–Trinajstić information content (AvgIpc) is 3.57. The van der Waals surface area contributed by atoms with E-state index >= 15 is 0 Å². The molecule has 4 rings (SSSR count). The zero-order valence-electron chi connectivity index (χ0n) is 25.4. The van der Waals surface area contributed by atoms with Gasteiger partial charge in [-0.15, -0.1) is 0 Å². The molecule has 1 aliphatic carbocycles. The Kier molecular flexibility index (Phi) is 9.90. The highest BCUT2D eigenvalue weighted by Gasteiger charge is 2.41. The Bertz CT molecular complexity index is 1240. The number of anilines is 1. The Labute approximate surface area is 240 Å². The van der Waals surface area contributed by atoms with E-state index in [1.165, 1.54) is 0 Å². The molecule has 0 atom stereocenters. The molecular weight excluding hydrogens is 498 g/mol. The van der Waals surface area contributed by atoms with Crippen LogP contribution in [0.4, 0.5) is 10.5 Å². The van der Waals surface area contributed by atoms with Crippen LogP contribution in [0.2, 0.25) is 0 Å². The van der Waals surface area contributed by atoms with Crippen LogP contribution in [0.5, 0.6) is 0 Å². The lowest BCUT2D eigenvalue weighted by Gasteiger charge is -2.38. The van der Waals surface area contributed by atoms with Gasteiger partial charge < -0.3 is 19.9 Å². The number of carbonyl (C=O) groups excluding carboxylic acids is 1. The van der Waals surface area contributed by atoms with Crippen LogP contribution in [-0.2, 0) is 16.9 Å². The standard InChI is InChI=1S/C33H49N5O2/c1-7-36(8-2)19-20-40-22-26-21-38(31-29(26)15-12-18-35-31)33(16-9-10-17-33)23-37(32(34)39)30-27(24(3)4)13-11-14-28(30)25(5)6/h11-15,18,21,24-25H,7-10,16-17,19-20,22-23H2,1-6H3,(H2,34,39). The Morgan fingerprint density at radius 1 is 1.05 bits per heavy atom. The van der Waals surface area contributed by atoms with Crippen LogP contribution in [-0.4, -0.2) is 53.3 Å². The van der Waals surface area contributed by atoms with Gasteiger partial charge in [0.2, 0.25) is 0 Å². The summed E-state index contributed by atoms with van der Waals surface area (Å²) in [5, 5.41) is 1.12. The van der Waals surface area contributed by atoms with Crippen LogP contribution in [0.1, 0.15) is 95.8 Å². The maximum Gasteiger partial charge on any atom is 0.319 e. The quantitative estimate of drug-likeness (QED) is 0.234. The van der Waals surface area contributed by atoms with Gasteiger partial charge in [-0.1, -0.05) is 72.6 Å². The molecule has 0 bridgehead atoms. The van der Waals surface area contributed by atoms with Crippen LogP contribution in [0.25, 0.3) is 11.0 Å². The molecule has 0 unspecified atom stereocenters. The van der Waals surface area contributed by atoms with Gasteiger partial charge in [-0.25, -0.2) is 9.78 Å². The molecule has 218 valence electrons. The van der Waals surface area contributed by atoms with E-state index in [2.05, 4.69) is 81.5 Å². The van der Waals surface area contributed by atoms with Gasteiger partial charge in [0.1, 0.15) is 5.65 Å². The Morgan fingerprint density at radius 2 is 1.70 bits per heavy atom. The second-order valence-corrected chi connectivity index (χ2v) is 11.9. The molecule has 0 spiro atoms. The second kappa shape index (κ2) is 13.2. The molecule has 40 heavy (non-hydrogen) atoms. The number of benzene rings is 1. The number of ether oxygens (including phenoxy) is 1. The van der Waals surface area contributed by atoms with E-state index in [-0.39, 0.29) is 17.4 Å². The van der Waals surface area contributed by atoms with Gasteiger partial charge >= 0.3 is 6.03 Å². The molecule has 2 N–H and O–H groups in total. The second-order valence-electron chi connectivity index (χ2n) is 11.9. The molecule has 1 saturated carbocycles. The molecule has 1 aromatic carbocycles. The van der Waals surface area contributed by atoms with Crippen molar-refractivity contribution in [1.29, 1.82) is 0 Å². The summed E-state index contributed by atoms with van der Waals surface area (Å²) in [5.41, 5.74) is 11.3. The molecule has 0 radical (unpaired) electrons. The first-order chi connectivity index (χ1) is 19.2. The van der Waals surface area contributed by atoms with Gasteiger partial charge in [-0.3, -0.25) is 4.90 Å². The number of nitrogens with two attached hydrogens (primary N) is 1. The fraction of sp³-hybridized carbons (Fsp3) is 0.576. The van der Waals surface area contributed by atoms with Crippen molar-refractivity contribution in [3.05, 3.63) is 59.4 Å². The van der Waals surface area contributed by atoms with Crippen LogP contribution in [0, 0.1) is 0 Å². The van der Waals surface area contributed by atoms with Gasteiger partial charge in [0.25, 0.3) is 0 Å². The van der Waals surface area contributed by atoms with E-state index in [0.717, 1.165) is 78.7 Å². The molecule has 0 aliphatic heterocycles. The fourth-order valence-electron chi connectivity index (χ4n) is 6.41. The first-order valence-electron chi connectivity index (χ1n) is 15.2. The Balaban J connectivity index is 1.73. The van der Waals surface area contributed by atoms with E-state index in [0.29, 0.717) is 19.8 Å². The molecule has 3 aromatic rings. The van der Waals surface area contributed by atoms with Crippen LogP contribution >= 0.6 is 0 Å². The van der Waals surface area contributed by atoms with E-state index in [1.54, 1.807) is 0 Å². The number of nitrogens with zero attached hydrogens (tertiary/aromatic N) is 4. The number of primary amides is 1. The third-order valence-corrected chi connectivity index (χ3v) is 8.73. The number of urea groups is 1. The lowest BCUT2D eigenvalue weighted by molar-refractivity contribution is 0.0960. The highest BCUT2D eigenvalue weighted by molar-refractivity contribution is 5.93. The number of para-hydroxylation sites is 1. The van der Waals surface area contributed by atoms with Crippen molar-refractivity contribution < 1.29 is 9.53 Å². The van der Waals surface area contributed by atoms with Crippen molar-refractivity contribution in [2.24, 2.45) is 5.73 Å². The number of hydrogen-bond acceptors (Lipinski definition) is 4. The molecule has 2 aromatic heterocycles. The normalized spacial score (nSPS) is 15.1. The molecule has 1 aliphatic rings. The van der Waals surface area contributed by atoms with E-state index in [1.807, 2.05) is 17.2 Å². The molecule has 7 heteroatoms. The van der Waals surface area contributed by atoms with Crippen molar-refractivity contribution in [3.8, 4) is 0 Å². The summed E-state index contributed by atoms with van der Waals surface area (Å²) in [6, 6.07) is 10.1. The molecular formula is C33H49N5O2. The number of carbonyl (C=O) groups is 1. The predicted octanol–water partition coefficient (Wildman–Crippen LogP) is 7.00. The minimum Gasteiger partial charge on any atom is -0.375 e. The summed E-state index contributed by atoms with van der Waals surface area (Å²) in [7, 11) is 0. The first kappa shape index (κ1) is 30.1. The van der Waals surface area contributed by atoms with Gasteiger partial charge in [-0.2, -0.15) is 0 Å². The first-order valence-corrected chi connectivity index (χ1v) is 15.2. The smallest absolute Gasteiger partial charge is 0.319 e. The van der Waals surface area contributed by atoms with E-state index < -0.39 is 6.03 Å². The summed E-state index contributed by atoms with van der Waals surface area (Å²) in [6.45, 7) is 17.8. The fourth-order valence-corrected chi connectivity index (χ4v) is 6.41. The molecule has 1 fully saturated rings. The summed E-state index contributed by atoms with van der Waals surface area (Å²) in [5.74, 6) is 0.536. The highest BCUT2D eigenvalue weighted by atomic mass is 16.5. The number of aromatic nitrogens is 2. The minimum atomic E-state index is -0.398. The predicted molar refractivity (Wildman–Crippen MR) is 165 cm³/mol. The lowest BCUT2D eigenvalue weighted by Crippen LogP contribution is -2.48. The number of amides is 2. The van der Waals surface area contributed by atoms with Crippen molar-refractivity contribution in [1.82, 2.24) is 14.5 Å². The number of pyridine rings is 1. The van der Waals surface area contributed by atoms with Gasteiger partial charge in [0, 0.05) is 29.9 Å². The Morgan fingerprint density at radius 3 is 2.27 bits per heavy atom. The van der Waals surface area contributed by atoms with Crippen LogP contribution in [0.15, 0.2) is 42.7 Å². The maximum atomic E-state index is 13.3. The Hall–Kier alpha value is -2.90. The monoisotopic (exact) mass is 547 g/mol.